The van der Waals surface area contributed by atoms with E-state index in [0.717, 1.165) is 0 Å². The highest BCUT2D eigenvalue weighted by atomic mass is 16.6. The summed E-state index contributed by atoms with van der Waals surface area (Å²) in [6, 6.07) is 0. The summed E-state index contributed by atoms with van der Waals surface area (Å²) in [7, 11) is 0. The molecule has 6 heteroatoms. The van der Waals surface area contributed by atoms with E-state index in [4.69, 9.17) is 10.2 Å². The number of hydrogen-bond donors (Lipinski definition) is 2. The van der Waals surface area contributed by atoms with Crippen molar-refractivity contribution >= 4 is 17.9 Å². The average molecular weight is 218 g/mol. The molecule has 0 aromatic carbocycles. The summed E-state index contributed by atoms with van der Waals surface area (Å²) in [5.41, 5.74) is 0. The molecule has 1 saturated heterocycles. The van der Waals surface area contributed by atoms with Gasteiger partial charge in [0.2, 0.25) is 6.10 Å². The Morgan fingerprint density at radius 2 is 1.80 bits per heavy atom. The van der Waals surface area contributed by atoms with Crippen LogP contribution >= 0.6 is 0 Å². The molecular formula is C9H14O6. The Bertz CT molecular complexity index is 235. The zero-order chi connectivity index (χ0) is 12.0. The number of carbonyl (C=O) groups excluding carboxylic acids is 1. The number of rotatable bonds is 2. The number of aliphatic carboxylic acids is 2. The van der Waals surface area contributed by atoms with E-state index < -0.39 is 29.9 Å². The van der Waals surface area contributed by atoms with E-state index in [9.17, 15) is 14.4 Å². The SMILES string of the molecule is CCC.O=C1CC(C(=O)O)C(C(=O)O)O1. The van der Waals surface area contributed by atoms with E-state index in [1.165, 1.54) is 6.42 Å². The van der Waals surface area contributed by atoms with Crippen LogP contribution in [0.3, 0.4) is 0 Å². The van der Waals surface area contributed by atoms with Crippen LogP contribution in [0.1, 0.15) is 26.7 Å². The van der Waals surface area contributed by atoms with Crippen LogP contribution in [0.4, 0.5) is 0 Å². The van der Waals surface area contributed by atoms with Crippen molar-refractivity contribution in [3.8, 4) is 0 Å². The predicted octanol–water partition coefficient (Wildman–Crippen LogP) is 0.504. The quantitative estimate of drug-likeness (QED) is 0.654. The second-order valence-corrected chi connectivity index (χ2v) is 3.10. The smallest absolute Gasteiger partial charge is 0.345 e. The molecule has 1 aliphatic rings. The van der Waals surface area contributed by atoms with Crippen LogP contribution < -0.4 is 0 Å². The fourth-order valence-electron chi connectivity index (χ4n) is 0.998. The van der Waals surface area contributed by atoms with Crippen LogP contribution in [-0.4, -0.2) is 34.2 Å². The zero-order valence-corrected chi connectivity index (χ0v) is 8.60. The molecule has 0 aromatic rings. The molecule has 0 radical (unpaired) electrons. The van der Waals surface area contributed by atoms with Crippen molar-refractivity contribution in [2.24, 2.45) is 5.92 Å². The lowest BCUT2D eigenvalue weighted by atomic mass is 10.0. The Labute approximate surface area is 86.8 Å². The zero-order valence-electron chi connectivity index (χ0n) is 8.60. The van der Waals surface area contributed by atoms with Crippen molar-refractivity contribution in [3.63, 3.8) is 0 Å². The third kappa shape index (κ3) is 3.97. The highest BCUT2D eigenvalue weighted by Crippen LogP contribution is 2.22. The van der Waals surface area contributed by atoms with Crippen molar-refractivity contribution in [2.45, 2.75) is 32.8 Å². The first-order valence-electron chi connectivity index (χ1n) is 4.59. The van der Waals surface area contributed by atoms with Crippen molar-refractivity contribution < 1.29 is 29.3 Å². The van der Waals surface area contributed by atoms with Gasteiger partial charge in [-0.25, -0.2) is 4.79 Å². The summed E-state index contributed by atoms with van der Waals surface area (Å²) in [4.78, 5) is 31.2. The van der Waals surface area contributed by atoms with E-state index in [2.05, 4.69) is 18.6 Å². The molecule has 1 fully saturated rings. The minimum absolute atomic E-state index is 0.369. The lowest BCUT2D eigenvalue weighted by Crippen LogP contribution is -2.31. The average Bonchev–Trinajstić information content (AvgIpc) is 2.48. The van der Waals surface area contributed by atoms with Crippen molar-refractivity contribution in [2.75, 3.05) is 0 Å². The monoisotopic (exact) mass is 218 g/mol. The van der Waals surface area contributed by atoms with Crippen LogP contribution in [0.15, 0.2) is 0 Å². The predicted molar refractivity (Wildman–Crippen MR) is 49.2 cm³/mol. The molecule has 86 valence electrons. The molecule has 0 aliphatic carbocycles. The maximum atomic E-state index is 10.5. The molecule has 0 bridgehead atoms. The maximum absolute atomic E-state index is 10.5. The maximum Gasteiger partial charge on any atom is 0.345 e. The Hall–Kier alpha value is -1.59. The normalized spacial score (nSPS) is 23.7. The van der Waals surface area contributed by atoms with Gasteiger partial charge in [0, 0.05) is 0 Å². The molecular weight excluding hydrogens is 204 g/mol. The first kappa shape index (κ1) is 13.4. The summed E-state index contributed by atoms with van der Waals surface area (Å²) in [6.45, 7) is 4.25. The fraction of sp³-hybridized carbons (Fsp3) is 0.667. The van der Waals surface area contributed by atoms with Crippen LogP contribution in [0.25, 0.3) is 0 Å². The van der Waals surface area contributed by atoms with Gasteiger partial charge in [-0.1, -0.05) is 20.3 Å². The van der Waals surface area contributed by atoms with Gasteiger partial charge in [-0.15, -0.1) is 0 Å². The molecule has 0 aromatic heterocycles. The van der Waals surface area contributed by atoms with Gasteiger partial charge in [-0.3, -0.25) is 9.59 Å². The second kappa shape index (κ2) is 6.00. The molecule has 2 N–H and O–H groups in total. The van der Waals surface area contributed by atoms with Crippen molar-refractivity contribution in [1.29, 1.82) is 0 Å². The van der Waals surface area contributed by atoms with Gasteiger partial charge in [-0.05, 0) is 0 Å². The Balaban J connectivity index is 0.000000583. The number of carboxylic acids is 2. The summed E-state index contributed by atoms with van der Waals surface area (Å²) in [5, 5.41) is 16.9. The lowest BCUT2D eigenvalue weighted by Gasteiger charge is -2.07. The standard InChI is InChI=1S/C6H6O6.C3H8/c7-3-1-2(5(8)9)4(12-3)6(10)11;1-3-2/h2,4H,1H2,(H,8,9)(H,10,11);3H2,1-2H3. The summed E-state index contributed by atoms with van der Waals surface area (Å²) in [6.07, 6.45) is -0.651. The number of carboxylic acid groups (broad SMARTS) is 2. The third-order valence-corrected chi connectivity index (χ3v) is 1.57. The van der Waals surface area contributed by atoms with Gasteiger partial charge in [0.1, 0.15) is 5.92 Å². The number of ether oxygens (including phenoxy) is 1. The number of cyclic esters (lactones) is 1. The van der Waals surface area contributed by atoms with Gasteiger partial charge in [-0.2, -0.15) is 0 Å². The molecule has 2 unspecified atom stereocenters. The number of hydrogen-bond acceptors (Lipinski definition) is 4. The van der Waals surface area contributed by atoms with E-state index in [-0.39, 0.29) is 6.42 Å². The largest absolute Gasteiger partial charge is 0.481 e. The number of esters is 1. The Morgan fingerprint density at radius 3 is 2.07 bits per heavy atom. The summed E-state index contributed by atoms with van der Waals surface area (Å²) < 4.78 is 4.28. The minimum Gasteiger partial charge on any atom is -0.481 e. The highest BCUT2D eigenvalue weighted by molar-refractivity contribution is 5.90. The van der Waals surface area contributed by atoms with E-state index in [1.807, 2.05) is 0 Å². The third-order valence-electron chi connectivity index (χ3n) is 1.57. The fourth-order valence-corrected chi connectivity index (χ4v) is 0.998. The van der Waals surface area contributed by atoms with Crippen LogP contribution in [0.5, 0.6) is 0 Å². The molecule has 1 aliphatic heterocycles. The van der Waals surface area contributed by atoms with Gasteiger partial charge in [0.05, 0.1) is 6.42 Å². The number of carbonyl (C=O) groups is 3. The van der Waals surface area contributed by atoms with Crippen molar-refractivity contribution in [1.82, 2.24) is 0 Å². The Kier molecular flexibility index (Phi) is 5.36. The molecule has 6 nitrogen and oxygen atoms in total. The molecule has 1 heterocycles. The van der Waals surface area contributed by atoms with Crippen LogP contribution in [-0.2, 0) is 19.1 Å². The van der Waals surface area contributed by atoms with Gasteiger partial charge < -0.3 is 14.9 Å². The summed E-state index contributed by atoms with van der Waals surface area (Å²) in [5.74, 6) is -4.79. The van der Waals surface area contributed by atoms with Crippen LogP contribution in [0, 0.1) is 5.92 Å². The van der Waals surface area contributed by atoms with Crippen molar-refractivity contribution in [3.05, 3.63) is 0 Å². The van der Waals surface area contributed by atoms with Gasteiger partial charge >= 0.3 is 17.9 Å². The van der Waals surface area contributed by atoms with Crippen LogP contribution in [0.2, 0.25) is 0 Å². The topological polar surface area (TPSA) is 101 Å². The molecule has 2 atom stereocenters. The molecule has 1 rings (SSSR count). The highest BCUT2D eigenvalue weighted by Gasteiger charge is 2.44. The second-order valence-electron chi connectivity index (χ2n) is 3.10. The van der Waals surface area contributed by atoms with E-state index >= 15 is 0 Å². The molecule has 0 saturated carbocycles. The molecule has 15 heavy (non-hydrogen) atoms. The minimum atomic E-state index is -1.53. The lowest BCUT2D eigenvalue weighted by molar-refractivity contribution is -0.161. The first-order valence-corrected chi connectivity index (χ1v) is 4.59. The van der Waals surface area contributed by atoms with E-state index in [1.54, 1.807) is 0 Å². The van der Waals surface area contributed by atoms with Gasteiger partial charge in [0.25, 0.3) is 0 Å². The van der Waals surface area contributed by atoms with E-state index in [0.29, 0.717) is 0 Å². The first-order chi connectivity index (χ1) is 6.93. The Morgan fingerprint density at radius 1 is 1.33 bits per heavy atom. The summed E-state index contributed by atoms with van der Waals surface area (Å²) >= 11 is 0. The molecule has 0 amide bonds. The van der Waals surface area contributed by atoms with Gasteiger partial charge in [0.15, 0.2) is 0 Å². The molecule has 0 spiro atoms.